The molecular formula is C31H27F4NO. The van der Waals surface area contributed by atoms with Gasteiger partial charge in [-0.25, -0.2) is 17.6 Å². The molecule has 0 N–H and O–H groups in total. The van der Waals surface area contributed by atoms with Gasteiger partial charge in [-0.2, -0.15) is 5.26 Å². The summed E-state index contributed by atoms with van der Waals surface area (Å²) in [5.41, 5.74) is 2.02. The third-order valence-electron chi connectivity index (χ3n) is 6.48. The molecule has 0 saturated heterocycles. The molecule has 0 fully saturated rings. The van der Waals surface area contributed by atoms with E-state index in [9.17, 15) is 13.2 Å². The van der Waals surface area contributed by atoms with Gasteiger partial charge < -0.3 is 4.74 Å². The monoisotopic (exact) mass is 505 g/mol. The number of halogens is 4. The number of aryl methyl sites for hydroxylation is 3. The Morgan fingerprint density at radius 3 is 2.16 bits per heavy atom. The van der Waals surface area contributed by atoms with Crippen molar-refractivity contribution in [3.63, 3.8) is 0 Å². The molecule has 0 atom stereocenters. The van der Waals surface area contributed by atoms with Gasteiger partial charge in [-0.05, 0) is 66.3 Å². The van der Waals surface area contributed by atoms with Gasteiger partial charge in [0.15, 0.2) is 0 Å². The third kappa shape index (κ3) is 6.29. The minimum atomic E-state index is -0.634. The van der Waals surface area contributed by atoms with Gasteiger partial charge in [-0.3, -0.25) is 0 Å². The average Bonchev–Trinajstić information content (AvgIpc) is 2.88. The first-order chi connectivity index (χ1) is 17.9. The average molecular weight is 506 g/mol. The second kappa shape index (κ2) is 11.9. The second-order valence-electron chi connectivity index (χ2n) is 9.09. The molecule has 6 heteroatoms. The largest absolute Gasteiger partial charge is 0.493 e. The van der Waals surface area contributed by atoms with Gasteiger partial charge in [-0.15, -0.1) is 0 Å². The normalized spacial score (nSPS) is 11.0. The molecule has 0 unspecified atom stereocenters. The molecule has 0 aliphatic heterocycles. The van der Waals surface area contributed by atoms with E-state index in [0.29, 0.717) is 47.8 Å². The summed E-state index contributed by atoms with van der Waals surface area (Å²) in [4.78, 5) is 0. The predicted octanol–water partition coefficient (Wildman–Crippen LogP) is 8.02. The van der Waals surface area contributed by atoms with Gasteiger partial charge in [0.05, 0.1) is 12.2 Å². The molecule has 2 nitrogen and oxygen atoms in total. The Bertz CT molecular complexity index is 1440. The van der Waals surface area contributed by atoms with Gasteiger partial charge in [0.2, 0.25) is 0 Å². The molecule has 4 rings (SSSR count). The first-order valence-corrected chi connectivity index (χ1v) is 12.4. The van der Waals surface area contributed by atoms with Crippen LogP contribution in [0.25, 0.3) is 10.8 Å². The molecule has 0 radical (unpaired) electrons. The van der Waals surface area contributed by atoms with Crippen LogP contribution in [0.4, 0.5) is 17.6 Å². The highest BCUT2D eigenvalue weighted by Crippen LogP contribution is 2.26. The van der Waals surface area contributed by atoms with E-state index in [4.69, 9.17) is 10.00 Å². The van der Waals surface area contributed by atoms with Crippen molar-refractivity contribution in [3.05, 3.63) is 112 Å². The van der Waals surface area contributed by atoms with Crippen molar-refractivity contribution in [1.29, 1.82) is 5.26 Å². The lowest BCUT2D eigenvalue weighted by molar-refractivity contribution is 0.305. The van der Waals surface area contributed by atoms with Crippen LogP contribution in [-0.2, 0) is 25.7 Å². The van der Waals surface area contributed by atoms with Crippen LogP contribution in [-0.4, -0.2) is 6.61 Å². The molecule has 0 amide bonds. The summed E-state index contributed by atoms with van der Waals surface area (Å²) < 4.78 is 63.5. The van der Waals surface area contributed by atoms with Crippen LogP contribution in [0, 0.1) is 34.6 Å². The van der Waals surface area contributed by atoms with Crippen molar-refractivity contribution < 1.29 is 22.3 Å². The van der Waals surface area contributed by atoms with Crippen molar-refractivity contribution in [3.8, 4) is 11.8 Å². The first-order valence-electron chi connectivity index (χ1n) is 12.4. The SMILES string of the molecule is CCCCOc1cc(F)c(CCc2ccc3c(F)c(CCc4ccc(C#N)c(F)c4)ccc3c2)c(F)c1. The smallest absolute Gasteiger partial charge is 0.141 e. The molecule has 4 aromatic rings. The summed E-state index contributed by atoms with van der Waals surface area (Å²) in [7, 11) is 0. The van der Waals surface area contributed by atoms with Gasteiger partial charge >= 0.3 is 0 Å². The Hall–Kier alpha value is -3.85. The van der Waals surface area contributed by atoms with Gasteiger partial charge in [0.25, 0.3) is 0 Å². The lowest BCUT2D eigenvalue weighted by Crippen LogP contribution is -2.03. The summed E-state index contributed by atoms with van der Waals surface area (Å²) in [6, 6.07) is 17.4. The molecule has 37 heavy (non-hydrogen) atoms. The third-order valence-corrected chi connectivity index (χ3v) is 6.48. The van der Waals surface area contributed by atoms with Gasteiger partial charge in [0.1, 0.15) is 35.1 Å². The van der Waals surface area contributed by atoms with Crippen LogP contribution in [0.5, 0.6) is 5.75 Å². The van der Waals surface area contributed by atoms with Crippen molar-refractivity contribution >= 4 is 10.8 Å². The number of benzene rings is 4. The van der Waals surface area contributed by atoms with E-state index in [0.717, 1.165) is 18.4 Å². The summed E-state index contributed by atoms with van der Waals surface area (Å²) in [6.45, 7) is 2.43. The highest BCUT2D eigenvalue weighted by molar-refractivity contribution is 5.84. The van der Waals surface area contributed by atoms with Gasteiger partial charge in [-0.1, -0.05) is 49.7 Å². The van der Waals surface area contributed by atoms with Crippen LogP contribution in [0.15, 0.2) is 60.7 Å². The number of nitrogens with zero attached hydrogens (tertiary/aromatic N) is 1. The topological polar surface area (TPSA) is 33.0 Å². The number of fused-ring (bicyclic) bond motifs is 1. The summed E-state index contributed by atoms with van der Waals surface area (Å²) in [5, 5.41) is 10.0. The van der Waals surface area contributed by atoms with Gasteiger partial charge in [0, 0.05) is 23.1 Å². The Morgan fingerprint density at radius 1 is 0.757 bits per heavy atom. The zero-order chi connectivity index (χ0) is 26.4. The van der Waals surface area contributed by atoms with Crippen LogP contribution >= 0.6 is 0 Å². The van der Waals surface area contributed by atoms with Crippen LogP contribution in [0.3, 0.4) is 0 Å². The number of ether oxygens (including phenoxy) is 1. The first kappa shape index (κ1) is 26.2. The van der Waals surface area contributed by atoms with E-state index >= 15 is 4.39 Å². The number of hydrogen-bond acceptors (Lipinski definition) is 2. The molecule has 190 valence electrons. The maximum absolute atomic E-state index is 15.2. The van der Waals surface area contributed by atoms with Crippen molar-refractivity contribution in [2.75, 3.05) is 6.61 Å². The summed E-state index contributed by atoms with van der Waals surface area (Å²) in [5.74, 6) is -2.00. The molecular weight excluding hydrogens is 478 g/mol. The van der Waals surface area contributed by atoms with Crippen LogP contribution in [0.1, 0.15) is 47.6 Å². The fourth-order valence-electron chi connectivity index (χ4n) is 4.32. The Morgan fingerprint density at radius 2 is 1.46 bits per heavy atom. The molecule has 0 saturated carbocycles. The zero-order valence-electron chi connectivity index (χ0n) is 20.6. The van der Waals surface area contributed by atoms with Crippen molar-refractivity contribution in [2.45, 2.75) is 45.4 Å². The lowest BCUT2D eigenvalue weighted by Gasteiger charge is -2.11. The molecule has 0 aliphatic rings. The van der Waals surface area contributed by atoms with Crippen LogP contribution < -0.4 is 4.74 Å². The second-order valence-corrected chi connectivity index (χ2v) is 9.09. The summed E-state index contributed by atoms with van der Waals surface area (Å²) in [6.07, 6.45) is 3.12. The predicted molar refractivity (Wildman–Crippen MR) is 137 cm³/mol. The number of unbranched alkanes of at least 4 members (excludes halogenated alkanes) is 1. The van der Waals surface area contributed by atoms with E-state index < -0.39 is 17.5 Å². The Balaban J connectivity index is 1.44. The van der Waals surface area contributed by atoms with Crippen molar-refractivity contribution in [1.82, 2.24) is 0 Å². The summed E-state index contributed by atoms with van der Waals surface area (Å²) >= 11 is 0. The number of hydrogen-bond donors (Lipinski definition) is 0. The van der Waals surface area contributed by atoms with Crippen molar-refractivity contribution in [2.24, 2.45) is 0 Å². The fraction of sp³-hybridized carbons (Fsp3) is 0.258. The highest BCUT2D eigenvalue weighted by Gasteiger charge is 2.14. The van der Waals surface area contributed by atoms with E-state index in [-0.39, 0.29) is 29.1 Å². The molecule has 0 aromatic heterocycles. The van der Waals surface area contributed by atoms with E-state index in [1.807, 2.05) is 19.1 Å². The van der Waals surface area contributed by atoms with E-state index in [1.54, 1.807) is 30.3 Å². The molecule has 0 bridgehead atoms. The molecule has 4 aromatic carbocycles. The Labute approximate surface area is 214 Å². The zero-order valence-corrected chi connectivity index (χ0v) is 20.6. The van der Waals surface area contributed by atoms with E-state index in [2.05, 4.69) is 0 Å². The highest BCUT2D eigenvalue weighted by atomic mass is 19.1. The molecule has 0 aliphatic carbocycles. The number of rotatable bonds is 10. The fourth-order valence-corrected chi connectivity index (χ4v) is 4.32. The molecule has 0 heterocycles. The van der Waals surface area contributed by atoms with E-state index in [1.165, 1.54) is 24.3 Å². The minimum Gasteiger partial charge on any atom is -0.493 e. The Kier molecular flexibility index (Phi) is 8.45. The minimum absolute atomic E-state index is 0.00343. The van der Waals surface area contributed by atoms with Crippen LogP contribution in [0.2, 0.25) is 0 Å². The lowest BCUT2D eigenvalue weighted by atomic mass is 9.97. The maximum atomic E-state index is 15.2. The molecule has 0 spiro atoms. The maximum Gasteiger partial charge on any atom is 0.141 e. The number of nitriles is 1. The quantitative estimate of drug-likeness (QED) is 0.162. The standard InChI is InChI=1S/C31H27F4NO/c1-2-3-14-37-25-17-29(33)27(30(34)18-25)13-7-20-6-12-26-23(15-20)11-10-22(31(26)35)8-4-21-5-9-24(19-36)28(32)16-21/h5-6,9-12,15-18H,2-4,7-8,13-14H2,1H3.